The number of non-ortho nitro benzene ring substituents is 1. The summed E-state index contributed by atoms with van der Waals surface area (Å²) in [6.07, 6.45) is 1.48. The van der Waals surface area contributed by atoms with Crippen molar-refractivity contribution in [3.8, 4) is 0 Å². The molecule has 0 saturated heterocycles. The van der Waals surface area contributed by atoms with Gasteiger partial charge in [0.05, 0.1) is 34.2 Å². The van der Waals surface area contributed by atoms with Crippen LogP contribution in [0.3, 0.4) is 0 Å². The number of amides is 1. The minimum atomic E-state index is -0.977. The fourth-order valence-corrected chi connectivity index (χ4v) is 3.18. The Bertz CT molecular complexity index is 1160. The van der Waals surface area contributed by atoms with Gasteiger partial charge in [-0.15, -0.1) is 0 Å². The molecule has 0 radical (unpaired) electrons. The number of anilines is 1. The number of nitro benzene ring substituents is 1. The third kappa shape index (κ3) is 5.03. The molecule has 10 heteroatoms. The van der Waals surface area contributed by atoms with Crippen LogP contribution in [0, 0.1) is 15.9 Å². The number of nitro groups is 1. The summed E-state index contributed by atoms with van der Waals surface area (Å²) in [5, 5.41) is 13.3. The average molecular weight is 427 g/mol. The van der Waals surface area contributed by atoms with E-state index in [1.54, 1.807) is 25.1 Å². The predicted molar refractivity (Wildman–Crippen MR) is 111 cm³/mol. The average Bonchev–Trinajstić information content (AvgIpc) is 3.03. The van der Waals surface area contributed by atoms with Crippen molar-refractivity contribution in [2.45, 2.75) is 26.2 Å². The molecule has 0 spiro atoms. The fraction of sp³-hybridized carbons (Fsp3) is 0.286. The second-order valence-electron chi connectivity index (χ2n) is 6.82. The number of halogens is 1. The molecule has 0 aliphatic heterocycles. The first-order valence-corrected chi connectivity index (χ1v) is 9.66. The van der Waals surface area contributed by atoms with Gasteiger partial charge in [-0.05, 0) is 37.6 Å². The van der Waals surface area contributed by atoms with E-state index in [1.165, 1.54) is 0 Å². The molecule has 31 heavy (non-hydrogen) atoms. The van der Waals surface area contributed by atoms with Crippen molar-refractivity contribution >= 4 is 34.3 Å². The van der Waals surface area contributed by atoms with E-state index in [4.69, 9.17) is 4.74 Å². The number of aryl methyl sites for hydroxylation is 2. The molecule has 0 atom stereocenters. The number of rotatable bonds is 8. The molecule has 1 amide bonds. The second-order valence-corrected chi connectivity index (χ2v) is 6.82. The van der Waals surface area contributed by atoms with Gasteiger partial charge in [0.1, 0.15) is 11.6 Å². The van der Waals surface area contributed by atoms with E-state index < -0.39 is 22.3 Å². The maximum atomic E-state index is 14.1. The van der Waals surface area contributed by atoms with Crippen LogP contribution in [0.15, 0.2) is 36.4 Å². The molecule has 3 aromatic rings. The molecule has 1 aromatic heterocycles. The lowest BCUT2D eigenvalue weighted by atomic mass is 10.1. The van der Waals surface area contributed by atoms with Crippen LogP contribution in [-0.4, -0.2) is 33.0 Å². The minimum absolute atomic E-state index is 0.246. The summed E-state index contributed by atoms with van der Waals surface area (Å²) in [5.41, 5.74) is 1.15. The number of aromatic nitrogens is 2. The van der Waals surface area contributed by atoms with Gasteiger partial charge in [0, 0.05) is 31.6 Å². The van der Waals surface area contributed by atoms with E-state index in [9.17, 15) is 24.1 Å². The first kappa shape index (κ1) is 21.9. The molecule has 0 aliphatic rings. The number of nitrogens with zero attached hydrogens (tertiary/aromatic N) is 3. The number of ether oxygens (including phenoxy) is 1. The first-order chi connectivity index (χ1) is 14.8. The van der Waals surface area contributed by atoms with Crippen LogP contribution < -0.4 is 5.32 Å². The molecule has 9 nitrogen and oxygen atoms in total. The first-order valence-electron chi connectivity index (χ1n) is 9.66. The third-order valence-electron chi connectivity index (χ3n) is 4.73. The molecule has 1 N–H and O–H groups in total. The summed E-state index contributed by atoms with van der Waals surface area (Å²) in [6, 6.07) is 7.95. The van der Waals surface area contributed by atoms with Crippen LogP contribution in [0.4, 0.5) is 15.8 Å². The molecular formula is C21H21FN4O5. The van der Waals surface area contributed by atoms with E-state index in [0.717, 1.165) is 23.5 Å². The number of esters is 1. The number of fused-ring (bicyclic) bond motifs is 1. The quantitative estimate of drug-likeness (QED) is 0.332. The van der Waals surface area contributed by atoms with Crippen LogP contribution in [0.2, 0.25) is 0 Å². The van der Waals surface area contributed by atoms with Crippen molar-refractivity contribution in [2.24, 2.45) is 7.05 Å². The maximum Gasteiger partial charge on any atom is 0.305 e. The minimum Gasteiger partial charge on any atom is -0.466 e. The van der Waals surface area contributed by atoms with Gasteiger partial charge >= 0.3 is 5.97 Å². The summed E-state index contributed by atoms with van der Waals surface area (Å²) >= 11 is 0. The second kappa shape index (κ2) is 9.33. The Morgan fingerprint density at radius 3 is 2.71 bits per heavy atom. The van der Waals surface area contributed by atoms with Gasteiger partial charge in [-0.2, -0.15) is 0 Å². The molecule has 162 valence electrons. The van der Waals surface area contributed by atoms with E-state index in [2.05, 4.69) is 10.3 Å². The van der Waals surface area contributed by atoms with E-state index in [-0.39, 0.29) is 11.5 Å². The Morgan fingerprint density at radius 1 is 1.26 bits per heavy atom. The number of carbonyl (C=O) groups excluding carboxylic acids is 2. The zero-order valence-electron chi connectivity index (χ0n) is 17.1. The van der Waals surface area contributed by atoms with Gasteiger partial charge in [0.15, 0.2) is 0 Å². The van der Waals surface area contributed by atoms with Crippen molar-refractivity contribution in [1.82, 2.24) is 9.55 Å². The molecule has 0 aliphatic carbocycles. The Hall–Kier alpha value is -3.82. The lowest BCUT2D eigenvalue weighted by molar-refractivity contribution is -0.385. The topological polar surface area (TPSA) is 116 Å². The van der Waals surface area contributed by atoms with Crippen molar-refractivity contribution in [2.75, 3.05) is 11.9 Å². The van der Waals surface area contributed by atoms with Gasteiger partial charge in [0.2, 0.25) is 0 Å². The summed E-state index contributed by atoms with van der Waals surface area (Å²) in [5.74, 6) is -1.17. The molecule has 0 saturated carbocycles. The van der Waals surface area contributed by atoms with Gasteiger partial charge in [0.25, 0.3) is 11.6 Å². The number of nitrogens with one attached hydrogen (secondary N) is 1. The van der Waals surface area contributed by atoms with Crippen LogP contribution in [0.5, 0.6) is 0 Å². The normalized spacial score (nSPS) is 10.8. The van der Waals surface area contributed by atoms with Gasteiger partial charge in [-0.25, -0.2) is 9.37 Å². The SMILES string of the molecule is CCOC(=O)CCCc1nc2cc(NC(=O)c3ccc([N+](=O)[O-])cc3[18F])ccc2n1C. The van der Waals surface area contributed by atoms with Crippen molar-refractivity contribution in [1.29, 1.82) is 0 Å². The summed E-state index contributed by atoms with van der Waals surface area (Å²) in [7, 11) is 1.86. The largest absolute Gasteiger partial charge is 0.466 e. The fourth-order valence-electron chi connectivity index (χ4n) is 3.18. The zero-order valence-corrected chi connectivity index (χ0v) is 17.1. The number of carbonyl (C=O) groups is 2. The molecule has 0 bridgehead atoms. The van der Waals surface area contributed by atoms with Crippen LogP contribution in [0.1, 0.15) is 35.9 Å². The predicted octanol–water partition coefficient (Wildman–Crippen LogP) is 3.76. The molecular weight excluding hydrogens is 406 g/mol. The highest BCUT2D eigenvalue weighted by Gasteiger charge is 2.17. The van der Waals surface area contributed by atoms with Crippen LogP contribution >= 0.6 is 0 Å². The maximum absolute atomic E-state index is 14.1. The number of hydrogen-bond acceptors (Lipinski definition) is 6. The summed E-state index contributed by atoms with van der Waals surface area (Å²) < 4.78 is 20.9. The molecule has 1 heterocycles. The van der Waals surface area contributed by atoms with Crippen molar-refractivity contribution < 1.29 is 23.6 Å². The lowest BCUT2D eigenvalue weighted by Crippen LogP contribution is -2.13. The molecule has 2 aromatic carbocycles. The summed E-state index contributed by atoms with van der Waals surface area (Å²) in [4.78, 5) is 38.4. The lowest BCUT2D eigenvalue weighted by Gasteiger charge is -2.06. The Morgan fingerprint density at radius 2 is 2.03 bits per heavy atom. The van der Waals surface area contributed by atoms with Crippen molar-refractivity contribution in [3.05, 3.63) is 63.7 Å². The van der Waals surface area contributed by atoms with E-state index in [0.29, 0.717) is 43.1 Å². The third-order valence-corrected chi connectivity index (χ3v) is 4.73. The molecule has 0 fully saturated rings. The zero-order chi connectivity index (χ0) is 22.5. The number of imidazole rings is 1. The Balaban J connectivity index is 1.73. The van der Waals surface area contributed by atoms with Gasteiger partial charge in [-0.1, -0.05) is 0 Å². The highest BCUT2D eigenvalue weighted by atomic mass is 18.2. The van der Waals surface area contributed by atoms with Crippen LogP contribution in [0.25, 0.3) is 11.0 Å². The molecule has 0 unspecified atom stereocenters. The standard InChI is InChI=1S/C21H21FN4O5/c1-3-31-20(27)6-4-5-19-24-17-11-13(7-10-18(17)25(19)2)23-21(28)15-9-8-14(26(29)30)12-16(15)22/h7-12H,3-6H2,1-2H3,(H,23,28)/i22-1. The highest BCUT2D eigenvalue weighted by molar-refractivity contribution is 6.05. The van der Waals surface area contributed by atoms with E-state index >= 15 is 0 Å². The smallest absolute Gasteiger partial charge is 0.305 e. The van der Waals surface area contributed by atoms with Crippen molar-refractivity contribution in [3.63, 3.8) is 0 Å². The number of hydrogen-bond donors (Lipinski definition) is 1. The van der Waals surface area contributed by atoms with Crippen LogP contribution in [-0.2, 0) is 23.0 Å². The number of benzene rings is 2. The summed E-state index contributed by atoms with van der Waals surface area (Å²) in [6.45, 7) is 2.11. The van der Waals surface area contributed by atoms with E-state index in [1.807, 2.05) is 11.6 Å². The monoisotopic (exact) mass is 427 g/mol. The highest BCUT2D eigenvalue weighted by Crippen LogP contribution is 2.22. The Kier molecular flexibility index (Phi) is 6.58. The van der Waals surface area contributed by atoms with Gasteiger partial charge < -0.3 is 14.6 Å². The molecule has 3 rings (SSSR count). The Labute approximate surface area is 177 Å². The van der Waals surface area contributed by atoms with Gasteiger partial charge in [-0.3, -0.25) is 19.7 Å².